The molecular formula is C11H11F3INO. The van der Waals surface area contributed by atoms with Gasteiger partial charge in [-0.1, -0.05) is 0 Å². The fourth-order valence-corrected chi connectivity index (χ4v) is 1.91. The Hall–Kier alpha value is -0.790. The van der Waals surface area contributed by atoms with Crippen LogP contribution in [0.25, 0.3) is 0 Å². The van der Waals surface area contributed by atoms with Crippen molar-refractivity contribution in [1.82, 2.24) is 4.90 Å². The van der Waals surface area contributed by atoms with Crippen molar-refractivity contribution in [3.05, 3.63) is 32.9 Å². The highest BCUT2D eigenvalue weighted by molar-refractivity contribution is 14.1. The Balaban J connectivity index is 3.19. The van der Waals surface area contributed by atoms with Crippen LogP contribution in [0, 0.1) is 3.57 Å². The first kappa shape index (κ1) is 14.3. The van der Waals surface area contributed by atoms with E-state index in [1.54, 1.807) is 36.6 Å². The molecule has 1 amide bonds. The molecule has 0 saturated heterocycles. The quantitative estimate of drug-likeness (QED) is 0.743. The van der Waals surface area contributed by atoms with Gasteiger partial charge in [0.15, 0.2) is 0 Å². The number of nitrogens with zero attached hydrogens (tertiary/aromatic N) is 1. The van der Waals surface area contributed by atoms with Crippen molar-refractivity contribution < 1.29 is 18.0 Å². The molecule has 1 rings (SSSR count). The van der Waals surface area contributed by atoms with Gasteiger partial charge >= 0.3 is 6.18 Å². The van der Waals surface area contributed by atoms with Gasteiger partial charge in [0.1, 0.15) is 0 Å². The van der Waals surface area contributed by atoms with Crippen LogP contribution in [0.2, 0.25) is 0 Å². The average Bonchev–Trinajstić information content (AvgIpc) is 2.25. The van der Waals surface area contributed by atoms with Crippen LogP contribution < -0.4 is 0 Å². The summed E-state index contributed by atoms with van der Waals surface area (Å²) in [6.07, 6.45) is -4.43. The summed E-state index contributed by atoms with van der Waals surface area (Å²) < 4.78 is 38.1. The number of alkyl halides is 3. The van der Waals surface area contributed by atoms with Gasteiger partial charge in [-0.25, -0.2) is 0 Å². The van der Waals surface area contributed by atoms with Gasteiger partial charge in [0.2, 0.25) is 0 Å². The maximum Gasteiger partial charge on any atom is 0.416 e. The molecule has 0 radical (unpaired) electrons. The highest BCUT2D eigenvalue weighted by Crippen LogP contribution is 2.31. The summed E-state index contributed by atoms with van der Waals surface area (Å²) in [7, 11) is 1.55. The lowest BCUT2D eigenvalue weighted by Crippen LogP contribution is -2.26. The lowest BCUT2D eigenvalue weighted by atomic mass is 10.1. The normalized spacial score (nSPS) is 11.4. The Morgan fingerprint density at radius 3 is 2.41 bits per heavy atom. The van der Waals surface area contributed by atoms with E-state index in [0.717, 1.165) is 12.1 Å². The van der Waals surface area contributed by atoms with E-state index >= 15 is 0 Å². The van der Waals surface area contributed by atoms with Crippen molar-refractivity contribution in [1.29, 1.82) is 0 Å². The van der Waals surface area contributed by atoms with E-state index in [-0.39, 0.29) is 5.56 Å². The van der Waals surface area contributed by atoms with E-state index in [9.17, 15) is 18.0 Å². The average molecular weight is 357 g/mol. The summed E-state index contributed by atoms with van der Waals surface area (Å²) in [5.41, 5.74) is -0.731. The monoisotopic (exact) mass is 357 g/mol. The number of benzene rings is 1. The van der Waals surface area contributed by atoms with Gasteiger partial charge in [0.05, 0.1) is 5.56 Å². The Morgan fingerprint density at radius 2 is 1.94 bits per heavy atom. The number of hydrogen-bond acceptors (Lipinski definition) is 1. The van der Waals surface area contributed by atoms with Crippen LogP contribution in [-0.2, 0) is 6.18 Å². The molecule has 0 aliphatic heterocycles. The van der Waals surface area contributed by atoms with Gasteiger partial charge in [-0.2, -0.15) is 13.2 Å². The van der Waals surface area contributed by atoms with Gasteiger partial charge in [-0.05, 0) is 47.7 Å². The van der Waals surface area contributed by atoms with Gasteiger partial charge < -0.3 is 4.90 Å². The molecule has 17 heavy (non-hydrogen) atoms. The highest BCUT2D eigenvalue weighted by Gasteiger charge is 2.31. The second-order valence-electron chi connectivity index (χ2n) is 3.55. The number of carbonyl (C=O) groups excluding carboxylic acids is 1. The third kappa shape index (κ3) is 3.58. The van der Waals surface area contributed by atoms with E-state index in [0.29, 0.717) is 10.1 Å². The second kappa shape index (κ2) is 5.24. The second-order valence-corrected chi connectivity index (χ2v) is 4.79. The van der Waals surface area contributed by atoms with Crippen LogP contribution in [0.15, 0.2) is 18.2 Å². The molecule has 0 aromatic heterocycles. The van der Waals surface area contributed by atoms with Crippen LogP contribution >= 0.6 is 22.6 Å². The lowest BCUT2D eigenvalue weighted by Gasteiger charge is -2.16. The molecule has 0 heterocycles. The minimum Gasteiger partial charge on any atom is -0.342 e. The largest absolute Gasteiger partial charge is 0.416 e. The smallest absolute Gasteiger partial charge is 0.342 e. The minimum absolute atomic E-state index is 0.0635. The zero-order chi connectivity index (χ0) is 13.2. The first-order valence-corrected chi connectivity index (χ1v) is 5.97. The first-order valence-electron chi connectivity index (χ1n) is 4.89. The standard InChI is InChI=1S/C11H11F3INO/c1-3-16(2)10(17)7-4-8(11(12,13)14)6-9(15)5-7/h4-6H,3H2,1-2H3. The van der Waals surface area contributed by atoms with Gasteiger partial charge in [0.25, 0.3) is 5.91 Å². The highest BCUT2D eigenvalue weighted by atomic mass is 127. The van der Waals surface area contributed by atoms with Crippen LogP contribution in [0.5, 0.6) is 0 Å². The molecule has 1 aromatic rings. The lowest BCUT2D eigenvalue weighted by molar-refractivity contribution is -0.137. The third-order valence-electron chi connectivity index (χ3n) is 2.29. The minimum atomic E-state index is -4.43. The zero-order valence-corrected chi connectivity index (χ0v) is 11.5. The molecule has 1 aromatic carbocycles. The SMILES string of the molecule is CCN(C)C(=O)c1cc(I)cc(C(F)(F)F)c1. The molecule has 0 bridgehead atoms. The molecule has 0 N–H and O–H groups in total. The molecule has 0 spiro atoms. The van der Waals surface area contributed by atoms with Crippen molar-refractivity contribution in [2.24, 2.45) is 0 Å². The summed E-state index contributed by atoms with van der Waals surface area (Å²) in [5, 5.41) is 0. The molecule has 0 atom stereocenters. The van der Waals surface area contributed by atoms with E-state index in [1.807, 2.05) is 0 Å². The molecular weight excluding hydrogens is 346 g/mol. The molecule has 0 fully saturated rings. The summed E-state index contributed by atoms with van der Waals surface area (Å²) in [6.45, 7) is 2.21. The Kier molecular flexibility index (Phi) is 4.40. The summed E-state index contributed by atoms with van der Waals surface area (Å²) >= 11 is 1.77. The molecule has 94 valence electrons. The summed E-state index contributed by atoms with van der Waals surface area (Å²) in [4.78, 5) is 13.1. The number of amides is 1. The maximum absolute atomic E-state index is 12.6. The van der Waals surface area contributed by atoms with Crippen LogP contribution in [0.1, 0.15) is 22.8 Å². The van der Waals surface area contributed by atoms with Crippen molar-refractivity contribution in [2.45, 2.75) is 13.1 Å². The Morgan fingerprint density at radius 1 is 1.35 bits per heavy atom. The maximum atomic E-state index is 12.6. The van der Waals surface area contributed by atoms with Crippen LogP contribution in [0.3, 0.4) is 0 Å². The van der Waals surface area contributed by atoms with Gasteiger partial charge in [-0.15, -0.1) is 0 Å². The number of halogens is 4. The molecule has 6 heteroatoms. The van der Waals surface area contributed by atoms with Gasteiger partial charge in [-0.3, -0.25) is 4.79 Å². The predicted octanol–water partition coefficient (Wildman–Crippen LogP) is 3.40. The molecule has 0 unspecified atom stereocenters. The number of rotatable bonds is 2. The molecule has 0 aliphatic carbocycles. The number of carbonyl (C=O) groups is 1. The van der Waals surface area contributed by atoms with Crippen molar-refractivity contribution in [3.8, 4) is 0 Å². The van der Waals surface area contributed by atoms with Crippen LogP contribution in [0.4, 0.5) is 13.2 Å². The number of hydrogen-bond donors (Lipinski definition) is 0. The van der Waals surface area contributed by atoms with E-state index < -0.39 is 17.6 Å². The van der Waals surface area contributed by atoms with E-state index in [4.69, 9.17) is 0 Å². The van der Waals surface area contributed by atoms with Crippen molar-refractivity contribution in [2.75, 3.05) is 13.6 Å². The third-order valence-corrected chi connectivity index (χ3v) is 2.92. The fraction of sp³-hybridized carbons (Fsp3) is 0.364. The summed E-state index contributed by atoms with van der Waals surface area (Å²) in [5.74, 6) is -0.406. The first-order chi connectivity index (χ1) is 7.75. The fourth-order valence-electron chi connectivity index (χ4n) is 1.24. The predicted molar refractivity (Wildman–Crippen MR) is 66.8 cm³/mol. The topological polar surface area (TPSA) is 20.3 Å². The van der Waals surface area contributed by atoms with E-state index in [1.165, 1.54) is 11.0 Å². The Labute approximate surface area is 111 Å². The molecule has 0 saturated carbocycles. The zero-order valence-electron chi connectivity index (χ0n) is 9.31. The van der Waals surface area contributed by atoms with Crippen molar-refractivity contribution >= 4 is 28.5 Å². The molecule has 0 aliphatic rings. The molecule has 2 nitrogen and oxygen atoms in total. The Bertz CT molecular complexity index is 431. The summed E-state index contributed by atoms with van der Waals surface area (Å²) in [6, 6.07) is 3.35. The van der Waals surface area contributed by atoms with Crippen molar-refractivity contribution in [3.63, 3.8) is 0 Å². The van der Waals surface area contributed by atoms with Crippen LogP contribution in [-0.4, -0.2) is 24.4 Å². The van der Waals surface area contributed by atoms with E-state index in [2.05, 4.69) is 0 Å². The van der Waals surface area contributed by atoms with Gasteiger partial charge in [0, 0.05) is 22.7 Å².